The van der Waals surface area contributed by atoms with Gasteiger partial charge in [0.25, 0.3) is 0 Å². The summed E-state index contributed by atoms with van der Waals surface area (Å²) in [4.78, 5) is 25.5. The Morgan fingerprint density at radius 2 is 1.41 bits per heavy atom. The van der Waals surface area contributed by atoms with Crippen LogP contribution in [0.4, 0.5) is 0 Å². The molecule has 0 fully saturated rings. The maximum atomic E-state index is 12.6. The highest BCUT2D eigenvalue weighted by molar-refractivity contribution is 8.16. The molecule has 0 bridgehead atoms. The molecule has 2 nitrogen and oxygen atoms in total. The van der Waals surface area contributed by atoms with E-state index in [0.717, 1.165) is 5.56 Å². The molecule has 2 aromatic carbocycles. The summed E-state index contributed by atoms with van der Waals surface area (Å²) in [6.07, 6.45) is 4.90. The lowest BCUT2D eigenvalue weighted by Crippen LogP contribution is -2.25. The molecule has 3 heteroatoms. The van der Waals surface area contributed by atoms with Gasteiger partial charge in [0.2, 0.25) is 5.78 Å². The molecule has 0 heterocycles. The first kappa shape index (κ1) is 16.4. The van der Waals surface area contributed by atoms with Gasteiger partial charge in [0, 0.05) is 12.0 Å². The van der Waals surface area contributed by atoms with Crippen LogP contribution in [0.2, 0.25) is 0 Å². The Kier molecular flexibility index (Phi) is 5.84. The first-order valence-electron chi connectivity index (χ1n) is 7.21. The summed E-state index contributed by atoms with van der Waals surface area (Å²) in [5.74, 6) is -0.168. The Hall–Kier alpha value is -2.00. The molecule has 0 amide bonds. The number of rotatable bonds is 6. The number of aryl methyl sites for hydroxylation is 1. The van der Waals surface area contributed by atoms with Gasteiger partial charge in [0.05, 0.1) is 4.86 Å². The van der Waals surface area contributed by atoms with E-state index in [9.17, 15) is 9.59 Å². The minimum Gasteiger partial charge on any atom is -0.293 e. The maximum absolute atomic E-state index is 12.6. The molecule has 0 saturated heterocycles. The van der Waals surface area contributed by atoms with Crippen molar-refractivity contribution in [2.45, 2.75) is 12.8 Å². The molecule has 0 atom stereocenters. The van der Waals surface area contributed by atoms with E-state index in [2.05, 4.69) is 0 Å². The van der Waals surface area contributed by atoms with Gasteiger partial charge in [-0.05, 0) is 24.5 Å². The smallest absolute Gasteiger partial charge is 0.202 e. The van der Waals surface area contributed by atoms with Crippen LogP contribution in [0.25, 0.3) is 0 Å². The summed E-state index contributed by atoms with van der Waals surface area (Å²) < 4.78 is 0. The summed E-state index contributed by atoms with van der Waals surface area (Å²) >= 11 is 0. The molecule has 0 aliphatic carbocycles. The molecule has 2 rings (SSSR count). The van der Waals surface area contributed by atoms with Gasteiger partial charge in [-0.2, -0.15) is 10.5 Å². The van der Waals surface area contributed by atoms with Crippen LogP contribution in [0.3, 0.4) is 0 Å². The number of hydrogen-bond donors (Lipinski definition) is 0. The Balaban J connectivity index is 2.14. The number of benzene rings is 2. The van der Waals surface area contributed by atoms with E-state index in [-0.39, 0.29) is 22.1 Å². The van der Waals surface area contributed by atoms with Crippen molar-refractivity contribution in [2.24, 2.45) is 0 Å². The van der Waals surface area contributed by atoms with Crippen molar-refractivity contribution in [1.29, 1.82) is 0 Å². The molecular formula is C19H20O2S. The summed E-state index contributed by atoms with van der Waals surface area (Å²) in [5, 5.41) is 0. The number of Topliss-reactive ketones (excluding diaryl/α,β-unsaturated/α-hetero) is 2. The summed E-state index contributed by atoms with van der Waals surface area (Å²) in [5.41, 5.74) is 1.71. The lowest BCUT2D eigenvalue weighted by molar-refractivity contribution is -0.112. The highest BCUT2D eigenvalue weighted by Crippen LogP contribution is 2.13. The summed E-state index contributed by atoms with van der Waals surface area (Å²) in [7, 11) is -0.354. The van der Waals surface area contributed by atoms with Crippen LogP contribution in [0.5, 0.6) is 0 Å². The summed E-state index contributed by atoms with van der Waals surface area (Å²) in [6.45, 7) is 0. The van der Waals surface area contributed by atoms with Crippen LogP contribution in [0.15, 0.2) is 60.7 Å². The van der Waals surface area contributed by atoms with E-state index in [1.165, 1.54) is 0 Å². The van der Waals surface area contributed by atoms with Crippen LogP contribution >= 0.6 is 10.5 Å². The molecule has 0 radical (unpaired) electrons. The Morgan fingerprint density at radius 1 is 0.864 bits per heavy atom. The van der Waals surface area contributed by atoms with Gasteiger partial charge in [0.1, 0.15) is 0 Å². The second-order valence-corrected chi connectivity index (χ2v) is 7.29. The Bertz CT molecular complexity index is 684. The third-order valence-electron chi connectivity index (χ3n) is 3.39. The lowest BCUT2D eigenvalue weighted by Gasteiger charge is -2.09. The molecule has 0 saturated carbocycles. The minimum atomic E-state index is -0.354. The number of ketones is 2. The SMILES string of the molecule is CS(C)=C(C(=O)CCc1ccccc1)C(=O)c1ccccc1. The van der Waals surface area contributed by atoms with Gasteiger partial charge < -0.3 is 0 Å². The van der Waals surface area contributed by atoms with Crippen molar-refractivity contribution in [1.82, 2.24) is 0 Å². The van der Waals surface area contributed by atoms with Crippen LogP contribution in [-0.2, 0) is 11.2 Å². The number of hydrogen-bond acceptors (Lipinski definition) is 2. The zero-order valence-corrected chi connectivity index (χ0v) is 13.7. The van der Waals surface area contributed by atoms with Crippen molar-refractivity contribution >= 4 is 26.9 Å². The van der Waals surface area contributed by atoms with E-state index in [1.54, 1.807) is 12.1 Å². The van der Waals surface area contributed by atoms with Crippen molar-refractivity contribution in [3.8, 4) is 0 Å². The highest BCUT2D eigenvalue weighted by atomic mass is 32.2. The van der Waals surface area contributed by atoms with Gasteiger partial charge in [-0.15, -0.1) is 0 Å². The second kappa shape index (κ2) is 7.85. The van der Waals surface area contributed by atoms with Crippen molar-refractivity contribution in [2.75, 3.05) is 12.5 Å². The van der Waals surface area contributed by atoms with E-state index < -0.39 is 0 Å². The van der Waals surface area contributed by atoms with Crippen LogP contribution < -0.4 is 0 Å². The molecule has 22 heavy (non-hydrogen) atoms. The van der Waals surface area contributed by atoms with Gasteiger partial charge >= 0.3 is 0 Å². The van der Waals surface area contributed by atoms with Crippen molar-refractivity contribution in [3.63, 3.8) is 0 Å². The molecule has 2 aromatic rings. The first-order chi connectivity index (χ1) is 10.6. The fourth-order valence-corrected chi connectivity index (χ4v) is 3.32. The average Bonchev–Trinajstić information content (AvgIpc) is 2.54. The molecule has 0 N–H and O–H groups in total. The topological polar surface area (TPSA) is 34.1 Å². The fourth-order valence-electron chi connectivity index (χ4n) is 2.28. The summed E-state index contributed by atoms with van der Waals surface area (Å²) in [6, 6.07) is 18.9. The predicted molar refractivity (Wildman–Crippen MR) is 95.0 cm³/mol. The monoisotopic (exact) mass is 312 g/mol. The van der Waals surface area contributed by atoms with E-state index in [0.29, 0.717) is 23.3 Å². The number of carbonyl (C=O) groups is 2. The fraction of sp³-hybridized carbons (Fsp3) is 0.211. The molecule has 0 unspecified atom stereocenters. The van der Waals surface area contributed by atoms with E-state index in [4.69, 9.17) is 0 Å². The number of carbonyl (C=O) groups excluding carboxylic acids is 2. The largest absolute Gasteiger partial charge is 0.293 e. The molecular weight excluding hydrogens is 292 g/mol. The average molecular weight is 312 g/mol. The van der Waals surface area contributed by atoms with E-state index >= 15 is 0 Å². The standard InChI is InChI=1S/C19H20O2S/c1-22(2)19(18(21)16-11-7-4-8-12-16)17(20)14-13-15-9-5-3-6-10-15/h3-12H,13-14H2,1-2H3. The Labute approximate surface area is 134 Å². The van der Waals surface area contributed by atoms with Gasteiger partial charge in [-0.25, -0.2) is 0 Å². The van der Waals surface area contributed by atoms with Gasteiger partial charge in [-0.1, -0.05) is 60.7 Å². The second-order valence-electron chi connectivity index (χ2n) is 5.25. The first-order valence-corrected chi connectivity index (χ1v) is 9.25. The third kappa shape index (κ3) is 4.25. The Morgan fingerprint density at radius 3 is 1.95 bits per heavy atom. The van der Waals surface area contributed by atoms with Crippen molar-refractivity contribution in [3.05, 3.63) is 71.8 Å². The van der Waals surface area contributed by atoms with Crippen LogP contribution in [-0.4, -0.2) is 28.9 Å². The van der Waals surface area contributed by atoms with Crippen LogP contribution in [0, 0.1) is 0 Å². The van der Waals surface area contributed by atoms with Crippen LogP contribution in [0.1, 0.15) is 22.3 Å². The maximum Gasteiger partial charge on any atom is 0.202 e. The molecule has 0 aromatic heterocycles. The molecule has 0 spiro atoms. The minimum absolute atomic E-state index is 0.0361. The quantitative estimate of drug-likeness (QED) is 0.462. The zero-order valence-electron chi connectivity index (χ0n) is 12.9. The third-order valence-corrected chi connectivity index (χ3v) is 4.62. The molecule has 0 aliphatic heterocycles. The van der Waals surface area contributed by atoms with Crippen molar-refractivity contribution < 1.29 is 9.59 Å². The zero-order chi connectivity index (χ0) is 15.9. The normalized spacial score (nSPS) is 10.5. The van der Waals surface area contributed by atoms with Gasteiger partial charge in [-0.3, -0.25) is 9.59 Å². The van der Waals surface area contributed by atoms with E-state index in [1.807, 2.05) is 61.0 Å². The lowest BCUT2D eigenvalue weighted by atomic mass is 10.0. The molecule has 0 aliphatic rings. The molecule has 114 valence electrons. The highest BCUT2D eigenvalue weighted by Gasteiger charge is 2.20. The van der Waals surface area contributed by atoms with Gasteiger partial charge in [0.15, 0.2) is 5.78 Å². The predicted octanol–water partition coefficient (Wildman–Crippen LogP) is 3.77.